The maximum absolute atomic E-state index is 13.2. The number of nitrogens with one attached hydrogen (secondary N) is 1. The minimum atomic E-state index is -4.65. The second-order valence-electron chi connectivity index (χ2n) is 5.63. The van der Waals surface area contributed by atoms with Crippen LogP contribution in [-0.4, -0.2) is 18.4 Å². The number of para-hydroxylation sites is 1. The molecule has 0 aliphatic rings. The highest BCUT2D eigenvalue weighted by Crippen LogP contribution is 2.36. The van der Waals surface area contributed by atoms with Crippen LogP contribution in [0.15, 0.2) is 42.5 Å². The first-order valence-corrected chi connectivity index (χ1v) is 7.97. The van der Waals surface area contributed by atoms with Crippen molar-refractivity contribution >= 4 is 34.8 Å². The first kappa shape index (κ1) is 19.8. The fourth-order valence-corrected chi connectivity index (χ4v) is 2.51. The Bertz CT molecular complexity index is 837. The lowest BCUT2D eigenvalue weighted by atomic mass is 10.1. The summed E-state index contributed by atoms with van der Waals surface area (Å²) in [4.78, 5) is 24.9. The van der Waals surface area contributed by atoms with Crippen LogP contribution in [0, 0.1) is 6.92 Å². The van der Waals surface area contributed by atoms with Gasteiger partial charge in [-0.15, -0.1) is 0 Å². The molecular formula is C18H16ClF3N2O2. The Kier molecular flexibility index (Phi) is 5.92. The number of carbonyl (C=O) groups is 2. The summed E-state index contributed by atoms with van der Waals surface area (Å²) in [7, 11) is 0. The van der Waals surface area contributed by atoms with Gasteiger partial charge < -0.3 is 10.2 Å². The van der Waals surface area contributed by atoms with E-state index in [-0.39, 0.29) is 5.69 Å². The van der Waals surface area contributed by atoms with E-state index in [2.05, 4.69) is 5.32 Å². The number of benzene rings is 2. The molecule has 0 spiro atoms. The van der Waals surface area contributed by atoms with Crippen LogP contribution in [0.25, 0.3) is 0 Å². The number of hydrogen-bond acceptors (Lipinski definition) is 2. The molecule has 2 amide bonds. The van der Waals surface area contributed by atoms with Crippen LogP contribution in [0.5, 0.6) is 0 Å². The molecule has 0 radical (unpaired) electrons. The summed E-state index contributed by atoms with van der Waals surface area (Å²) in [6.45, 7) is 2.33. The van der Waals surface area contributed by atoms with Gasteiger partial charge in [0.1, 0.15) is 6.54 Å². The predicted octanol–water partition coefficient (Wildman–Crippen LogP) is 4.66. The maximum Gasteiger partial charge on any atom is 0.418 e. The Labute approximate surface area is 153 Å². The summed E-state index contributed by atoms with van der Waals surface area (Å²) < 4.78 is 39.6. The van der Waals surface area contributed by atoms with E-state index >= 15 is 0 Å². The molecule has 2 aromatic rings. The number of anilines is 2. The number of alkyl halides is 3. The molecule has 0 heterocycles. The van der Waals surface area contributed by atoms with Gasteiger partial charge in [-0.3, -0.25) is 9.59 Å². The molecular weight excluding hydrogens is 369 g/mol. The first-order chi connectivity index (χ1) is 12.1. The van der Waals surface area contributed by atoms with Gasteiger partial charge in [-0.25, -0.2) is 0 Å². The molecule has 4 nitrogen and oxygen atoms in total. The van der Waals surface area contributed by atoms with Gasteiger partial charge in [0.05, 0.1) is 11.3 Å². The lowest BCUT2D eigenvalue weighted by Crippen LogP contribution is -2.37. The maximum atomic E-state index is 13.2. The standard InChI is InChI=1S/C18H16ClF3N2O2/c1-11-7-8-13(9-15(11)19)23-17(26)10-24(12(2)25)16-6-4-3-5-14(16)18(20,21)22/h3-9H,10H2,1-2H3,(H,23,26). The van der Waals surface area contributed by atoms with Crippen molar-refractivity contribution in [1.29, 1.82) is 0 Å². The monoisotopic (exact) mass is 384 g/mol. The second-order valence-corrected chi connectivity index (χ2v) is 6.04. The summed E-state index contributed by atoms with van der Waals surface area (Å²) in [5, 5.41) is 2.96. The number of hydrogen-bond donors (Lipinski definition) is 1. The van der Waals surface area contributed by atoms with Gasteiger partial charge in [0, 0.05) is 17.6 Å². The third kappa shape index (κ3) is 4.76. The molecule has 2 rings (SSSR count). The highest BCUT2D eigenvalue weighted by molar-refractivity contribution is 6.31. The third-order valence-electron chi connectivity index (χ3n) is 3.64. The van der Waals surface area contributed by atoms with Gasteiger partial charge in [0.2, 0.25) is 11.8 Å². The van der Waals surface area contributed by atoms with Crippen LogP contribution in [0.2, 0.25) is 5.02 Å². The molecule has 0 bridgehead atoms. The topological polar surface area (TPSA) is 49.4 Å². The highest BCUT2D eigenvalue weighted by atomic mass is 35.5. The van der Waals surface area contributed by atoms with Crippen molar-refractivity contribution in [2.24, 2.45) is 0 Å². The minimum Gasteiger partial charge on any atom is -0.324 e. The Hall–Kier alpha value is -2.54. The predicted molar refractivity (Wildman–Crippen MR) is 94.3 cm³/mol. The van der Waals surface area contributed by atoms with Crippen LogP contribution < -0.4 is 10.2 Å². The van der Waals surface area contributed by atoms with E-state index in [4.69, 9.17) is 11.6 Å². The minimum absolute atomic E-state index is 0.371. The van der Waals surface area contributed by atoms with Crippen molar-refractivity contribution < 1.29 is 22.8 Å². The largest absolute Gasteiger partial charge is 0.418 e. The van der Waals surface area contributed by atoms with Gasteiger partial charge in [-0.2, -0.15) is 13.2 Å². The zero-order valence-electron chi connectivity index (χ0n) is 14.0. The molecule has 1 N–H and O–H groups in total. The third-order valence-corrected chi connectivity index (χ3v) is 4.04. The molecule has 8 heteroatoms. The molecule has 0 fully saturated rings. The fraction of sp³-hybridized carbons (Fsp3) is 0.222. The lowest BCUT2D eigenvalue weighted by Gasteiger charge is -2.24. The average molecular weight is 385 g/mol. The summed E-state index contributed by atoms with van der Waals surface area (Å²) in [6.07, 6.45) is -4.65. The number of nitrogens with zero attached hydrogens (tertiary/aromatic N) is 1. The molecule has 2 aromatic carbocycles. The number of halogens is 4. The Balaban J connectivity index is 2.25. The van der Waals surface area contributed by atoms with E-state index < -0.39 is 30.1 Å². The SMILES string of the molecule is CC(=O)N(CC(=O)Nc1ccc(C)c(Cl)c1)c1ccccc1C(F)(F)F. The van der Waals surface area contributed by atoms with E-state index in [1.54, 1.807) is 19.1 Å². The molecule has 0 atom stereocenters. The van der Waals surface area contributed by atoms with E-state index in [1.165, 1.54) is 18.2 Å². The molecule has 26 heavy (non-hydrogen) atoms. The van der Waals surface area contributed by atoms with E-state index in [0.29, 0.717) is 10.7 Å². The molecule has 0 aromatic heterocycles. The first-order valence-electron chi connectivity index (χ1n) is 7.60. The van der Waals surface area contributed by atoms with E-state index in [1.807, 2.05) is 0 Å². The summed E-state index contributed by atoms with van der Waals surface area (Å²) in [5.41, 5.74) is -0.154. The molecule has 0 saturated carbocycles. The number of carbonyl (C=O) groups excluding carboxylic acids is 2. The van der Waals surface area contributed by atoms with Crippen molar-refractivity contribution in [2.45, 2.75) is 20.0 Å². The van der Waals surface area contributed by atoms with Crippen LogP contribution >= 0.6 is 11.6 Å². The van der Waals surface area contributed by atoms with Gasteiger partial charge >= 0.3 is 6.18 Å². The van der Waals surface area contributed by atoms with Crippen molar-refractivity contribution in [1.82, 2.24) is 0 Å². The van der Waals surface area contributed by atoms with Gasteiger partial charge in [-0.1, -0.05) is 29.8 Å². The van der Waals surface area contributed by atoms with E-state index in [9.17, 15) is 22.8 Å². The van der Waals surface area contributed by atoms with Crippen molar-refractivity contribution in [3.05, 3.63) is 58.6 Å². The zero-order chi connectivity index (χ0) is 19.5. The van der Waals surface area contributed by atoms with Gasteiger partial charge in [0.15, 0.2) is 0 Å². The zero-order valence-corrected chi connectivity index (χ0v) is 14.8. The summed E-state index contributed by atoms with van der Waals surface area (Å²) in [5.74, 6) is -1.32. The lowest BCUT2D eigenvalue weighted by molar-refractivity contribution is -0.137. The van der Waals surface area contributed by atoms with Crippen molar-refractivity contribution in [2.75, 3.05) is 16.8 Å². The number of amides is 2. The second kappa shape index (κ2) is 7.78. The van der Waals surface area contributed by atoms with Crippen LogP contribution in [0.1, 0.15) is 18.1 Å². The van der Waals surface area contributed by atoms with Crippen LogP contribution in [0.3, 0.4) is 0 Å². The Morgan fingerprint density at radius 3 is 2.38 bits per heavy atom. The van der Waals surface area contributed by atoms with Crippen molar-refractivity contribution in [3.8, 4) is 0 Å². The van der Waals surface area contributed by atoms with Crippen LogP contribution in [0.4, 0.5) is 24.5 Å². The average Bonchev–Trinajstić information content (AvgIpc) is 2.55. The molecule has 0 unspecified atom stereocenters. The molecule has 138 valence electrons. The molecule has 0 aliphatic carbocycles. The highest BCUT2D eigenvalue weighted by Gasteiger charge is 2.35. The summed E-state index contributed by atoms with van der Waals surface area (Å²) >= 11 is 5.98. The smallest absolute Gasteiger partial charge is 0.324 e. The summed E-state index contributed by atoms with van der Waals surface area (Å²) in [6, 6.07) is 9.44. The Morgan fingerprint density at radius 2 is 1.81 bits per heavy atom. The van der Waals surface area contributed by atoms with Gasteiger partial charge in [0.25, 0.3) is 0 Å². The van der Waals surface area contributed by atoms with Crippen LogP contribution in [-0.2, 0) is 15.8 Å². The quantitative estimate of drug-likeness (QED) is 0.833. The van der Waals surface area contributed by atoms with Crippen molar-refractivity contribution in [3.63, 3.8) is 0 Å². The normalized spacial score (nSPS) is 11.2. The molecule has 0 aliphatic heterocycles. The fourth-order valence-electron chi connectivity index (χ4n) is 2.33. The number of aryl methyl sites for hydroxylation is 1. The number of rotatable bonds is 4. The van der Waals surface area contributed by atoms with E-state index in [0.717, 1.165) is 29.5 Å². The Morgan fingerprint density at radius 1 is 1.15 bits per heavy atom. The van der Waals surface area contributed by atoms with Gasteiger partial charge in [-0.05, 0) is 36.8 Å². The molecule has 0 saturated heterocycles.